The second-order valence-corrected chi connectivity index (χ2v) is 10.5. The second kappa shape index (κ2) is 11.4. The molecule has 0 spiro atoms. The van der Waals surface area contributed by atoms with E-state index in [1.807, 2.05) is 75.6 Å². The number of carbonyl (C=O) groups is 2. The summed E-state index contributed by atoms with van der Waals surface area (Å²) in [4.78, 5) is 33.4. The Hall–Kier alpha value is -4.03. The van der Waals surface area contributed by atoms with Gasteiger partial charge in [0.15, 0.2) is 5.78 Å². The van der Waals surface area contributed by atoms with Crippen LogP contribution in [0.5, 0.6) is 0 Å². The molecular formula is C33H37N3O3. The van der Waals surface area contributed by atoms with Gasteiger partial charge >= 0.3 is 5.97 Å². The van der Waals surface area contributed by atoms with Crippen molar-refractivity contribution in [3.63, 3.8) is 0 Å². The number of oxime groups is 1. The van der Waals surface area contributed by atoms with Crippen molar-refractivity contribution >= 4 is 39.3 Å². The van der Waals surface area contributed by atoms with E-state index in [0.29, 0.717) is 29.7 Å². The first-order valence-electron chi connectivity index (χ1n) is 13.3. The number of nitrogens with zero attached hydrogens (tertiary/aromatic N) is 3. The summed E-state index contributed by atoms with van der Waals surface area (Å²) >= 11 is 0. The number of benzene rings is 3. The van der Waals surface area contributed by atoms with Crippen LogP contribution < -0.4 is 0 Å². The van der Waals surface area contributed by atoms with Gasteiger partial charge < -0.3 is 9.40 Å². The lowest BCUT2D eigenvalue weighted by Crippen LogP contribution is -2.46. The third kappa shape index (κ3) is 5.43. The van der Waals surface area contributed by atoms with E-state index in [-0.39, 0.29) is 5.78 Å². The Balaban J connectivity index is 1.82. The lowest BCUT2D eigenvalue weighted by molar-refractivity contribution is -0.154. The van der Waals surface area contributed by atoms with E-state index >= 15 is 0 Å². The highest BCUT2D eigenvalue weighted by molar-refractivity contribution is 6.16. The minimum absolute atomic E-state index is 0.00667. The van der Waals surface area contributed by atoms with Crippen LogP contribution in [-0.4, -0.2) is 46.6 Å². The molecule has 0 N–H and O–H groups in total. The number of rotatable bonds is 10. The first-order chi connectivity index (χ1) is 18.6. The summed E-state index contributed by atoms with van der Waals surface area (Å²) in [6.07, 6.45) is 3.09. The first-order valence-corrected chi connectivity index (χ1v) is 13.3. The average Bonchev–Trinajstić information content (AvgIpc) is 3.24. The molecule has 0 aliphatic carbocycles. The van der Waals surface area contributed by atoms with E-state index in [4.69, 9.17) is 4.84 Å². The summed E-state index contributed by atoms with van der Waals surface area (Å²) < 4.78 is 2.25. The summed E-state index contributed by atoms with van der Waals surface area (Å²) in [7, 11) is 3.66. The molecule has 1 aromatic heterocycles. The second-order valence-electron chi connectivity index (χ2n) is 10.5. The van der Waals surface area contributed by atoms with Crippen LogP contribution in [0.1, 0.15) is 60.7 Å². The fraction of sp³-hybridized carbons (Fsp3) is 0.303. The van der Waals surface area contributed by atoms with Gasteiger partial charge in [-0.15, -0.1) is 6.58 Å². The van der Waals surface area contributed by atoms with Crippen LogP contribution in [0.3, 0.4) is 0 Å². The summed E-state index contributed by atoms with van der Waals surface area (Å²) in [5.74, 6) is -0.418. The Morgan fingerprint density at radius 1 is 1.00 bits per heavy atom. The Morgan fingerprint density at radius 2 is 1.62 bits per heavy atom. The minimum atomic E-state index is -0.814. The highest BCUT2D eigenvalue weighted by Gasteiger charge is 2.32. The monoisotopic (exact) mass is 523 g/mol. The maximum atomic E-state index is 13.4. The molecule has 0 radical (unpaired) electrons. The van der Waals surface area contributed by atoms with Gasteiger partial charge in [0.05, 0.1) is 5.71 Å². The molecule has 0 unspecified atom stereocenters. The Morgan fingerprint density at radius 3 is 2.21 bits per heavy atom. The van der Waals surface area contributed by atoms with Gasteiger partial charge in [0.25, 0.3) is 0 Å². The molecule has 0 saturated carbocycles. The van der Waals surface area contributed by atoms with Crippen molar-refractivity contribution in [1.82, 2.24) is 9.47 Å². The van der Waals surface area contributed by atoms with Gasteiger partial charge in [-0.05, 0) is 90.5 Å². The topological polar surface area (TPSA) is 63.9 Å². The van der Waals surface area contributed by atoms with Crippen molar-refractivity contribution in [2.75, 3.05) is 14.1 Å². The summed E-state index contributed by atoms with van der Waals surface area (Å²) in [5, 5.41) is 6.35. The predicted octanol–water partition coefficient (Wildman–Crippen LogP) is 6.91. The molecule has 0 atom stereocenters. The largest absolute Gasteiger partial charge is 0.354 e. The number of allylic oxidation sites excluding steroid dienone is 1. The summed E-state index contributed by atoms with van der Waals surface area (Å²) in [6, 6.07) is 19.8. The van der Waals surface area contributed by atoms with Gasteiger partial charge in [0.2, 0.25) is 0 Å². The van der Waals surface area contributed by atoms with Crippen molar-refractivity contribution in [2.45, 2.75) is 52.6 Å². The predicted molar refractivity (Wildman–Crippen MR) is 160 cm³/mol. The lowest BCUT2D eigenvalue weighted by Gasteiger charge is -2.28. The number of hydrogen-bond acceptors (Lipinski definition) is 5. The highest BCUT2D eigenvalue weighted by Crippen LogP contribution is 2.32. The van der Waals surface area contributed by atoms with Gasteiger partial charge in [-0.3, -0.25) is 9.69 Å². The molecule has 202 valence electrons. The maximum absolute atomic E-state index is 13.4. The molecule has 0 fully saturated rings. The fourth-order valence-corrected chi connectivity index (χ4v) is 4.62. The van der Waals surface area contributed by atoms with E-state index in [2.05, 4.69) is 35.4 Å². The molecular weight excluding hydrogens is 486 g/mol. The molecule has 4 rings (SSSR count). The molecule has 0 aliphatic heterocycles. The van der Waals surface area contributed by atoms with Crippen molar-refractivity contribution < 1.29 is 14.4 Å². The average molecular weight is 524 g/mol. The number of aryl methyl sites for hydroxylation is 2. The third-order valence-electron chi connectivity index (χ3n) is 7.61. The smallest absolute Gasteiger partial charge is 0.341 e. The van der Waals surface area contributed by atoms with Crippen LogP contribution in [0.2, 0.25) is 0 Å². The zero-order valence-electron chi connectivity index (χ0n) is 23.7. The summed E-state index contributed by atoms with van der Waals surface area (Å²) in [5.41, 5.74) is 5.17. The zero-order chi connectivity index (χ0) is 28.3. The number of carbonyl (C=O) groups excluding carboxylic acids is 2. The number of likely N-dealkylation sites (N-methyl/N-ethyl adjacent to an activating group) is 1. The number of ketones is 1. The van der Waals surface area contributed by atoms with Crippen LogP contribution in [0.15, 0.2) is 78.5 Å². The third-order valence-corrected chi connectivity index (χ3v) is 7.61. The van der Waals surface area contributed by atoms with Gasteiger partial charge in [0.1, 0.15) is 5.54 Å². The van der Waals surface area contributed by atoms with Crippen LogP contribution in [0, 0.1) is 6.92 Å². The minimum Gasteiger partial charge on any atom is -0.341 e. The van der Waals surface area contributed by atoms with Gasteiger partial charge in [0, 0.05) is 45.0 Å². The highest BCUT2D eigenvalue weighted by atomic mass is 16.7. The quantitative estimate of drug-likeness (QED) is 0.0745. The molecule has 3 aromatic carbocycles. The molecule has 0 aliphatic rings. The first kappa shape index (κ1) is 28.0. The molecule has 0 bridgehead atoms. The van der Waals surface area contributed by atoms with E-state index < -0.39 is 11.5 Å². The molecule has 4 aromatic rings. The molecule has 1 heterocycles. The Labute approximate surface area is 230 Å². The van der Waals surface area contributed by atoms with Crippen molar-refractivity contribution in [2.24, 2.45) is 5.16 Å². The molecule has 6 nitrogen and oxygen atoms in total. The normalized spacial score (nSPS) is 12.3. The van der Waals surface area contributed by atoms with Crippen molar-refractivity contribution in [3.8, 4) is 0 Å². The Bertz CT molecular complexity index is 1590. The van der Waals surface area contributed by atoms with E-state index in [1.165, 1.54) is 0 Å². The standard InChI is InChI=1S/C33H37N3O3/c1-8-10-15-28(34-39-32(38)33(4,5)35(6)7)23-16-18-29-26(20-23)27-21-24(17-19-30(27)36(29)9-2)31(37)25-14-12-11-13-22(25)3/h8,11-14,16-21H,1,9-10,15H2,2-7H3/b34-28+. The molecule has 0 amide bonds. The van der Waals surface area contributed by atoms with Gasteiger partial charge in [-0.1, -0.05) is 41.6 Å². The van der Waals surface area contributed by atoms with E-state index in [1.54, 1.807) is 18.7 Å². The Kier molecular flexibility index (Phi) is 8.17. The van der Waals surface area contributed by atoms with Crippen molar-refractivity contribution in [1.29, 1.82) is 0 Å². The number of hydrogen-bond donors (Lipinski definition) is 0. The van der Waals surface area contributed by atoms with Crippen LogP contribution >= 0.6 is 0 Å². The maximum Gasteiger partial charge on any atom is 0.354 e. The van der Waals surface area contributed by atoms with Crippen LogP contribution in [0.4, 0.5) is 0 Å². The van der Waals surface area contributed by atoms with Gasteiger partial charge in [-0.25, -0.2) is 4.79 Å². The SMILES string of the molecule is C=CCC/C(=N\OC(=O)C(C)(C)N(C)C)c1ccc2c(c1)c1cc(C(=O)c3ccccc3C)ccc1n2CC. The fourth-order valence-electron chi connectivity index (χ4n) is 4.62. The molecule has 0 saturated heterocycles. The number of aromatic nitrogens is 1. The summed E-state index contributed by atoms with van der Waals surface area (Å²) in [6.45, 7) is 12.3. The number of fused-ring (bicyclic) bond motifs is 3. The van der Waals surface area contributed by atoms with Crippen LogP contribution in [-0.2, 0) is 16.2 Å². The zero-order valence-corrected chi connectivity index (χ0v) is 23.7. The molecule has 6 heteroatoms. The van der Waals surface area contributed by atoms with E-state index in [9.17, 15) is 9.59 Å². The van der Waals surface area contributed by atoms with Crippen molar-refractivity contribution in [3.05, 3.63) is 95.6 Å². The molecule has 39 heavy (non-hydrogen) atoms. The van der Waals surface area contributed by atoms with E-state index in [0.717, 1.165) is 39.5 Å². The van der Waals surface area contributed by atoms with Crippen LogP contribution in [0.25, 0.3) is 21.8 Å². The van der Waals surface area contributed by atoms with Gasteiger partial charge in [-0.2, -0.15) is 0 Å². The lowest BCUT2D eigenvalue weighted by atomic mass is 9.97.